The Morgan fingerprint density at radius 1 is 1.03 bits per heavy atom. The first-order valence-electron chi connectivity index (χ1n) is 8.69. The van der Waals surface area contributed by atoms with Gasteiger partial charge in [-0.15, -0.1) is 11.3 Å². The highest BCUT2D eigenvalue weighted by molar-refractivity contribution is 7.92. The molecule has 0 radical (unpaired) electrons. The van der Waals surface area contributed by atoms with Gasteiger partial charge in [0.25, 0.3) is 5.91 Å². The number of hydrogen-bond acceptors (Lipinski definition) is 8. The van der Waals surface area contributed by atoms with Gasteiger partial charge in [-0.05, 0) is 47.3 Å². The number of thiophene rings is 1. The second-order valence-electron chi connectivity index (χ2n) is 6.69. The van der Waals surface area contributed by atoms with Crippen molar-refractivity contribution in [2.75, 3.05) is 22.1 Å². The normalized spacial score (nSPS) is 11.8. The molecule has 0 atom stereocenters. The summed E-state index contributed by atoms with van der Waals surface area (Å²) in [5.74, 6) is -1.98. The number of sulfone groups is 1. The van der Waals surface area contributed by atoms with E-state index in [9.17, 15) is 26.4 Å². The highest BCUT2D eigenvalue weighted by Gasteiger charge is 2.29. The van der Waals surface area contributed by atoms with Crippen molar-refractivity contribution in [1.29, 1.82) is 0 Å². The molecule has 31 heavy (non-hydrogen) atoms. The number of carbonyl (C=O) groups excluding carboxylic acids is 2. The monoisotopic (exact) mass is 482 g/mol. The van der Waals surface area contributed by atoms with Crippen molar-refractivity contribution in [3.63, 3.8) is 0 Å². The summed E-state index contributed by atoms with van der Waals surface area (Å²) in [7, 11) is -7.26. The van der Waals surface area contributed by atoms with E-state index in [1.54, 1.807) is 17.5 Å². The minimum absolute atomic E-state index is 0.0330. The number of hydrogen-bond donors (Lipinski definition) is 1. The summed E-state index contributed by atoms with van der Waals surface area (Å²) in [6, 6.07) is 10.0. The summed E-state index contributed by atoms with van der Waals surface area (Å²) in [6.07, 6.45) is 3.21. The molecule has 0 bridgehead atoms. The Morgan fingerprint density at radius 3 is 2.32 bits per heavy atom. The van der Waals surface area contributed by atoms with Crippen LogP contribution in [0.5, 0.6) is 0 Å². The number of sulfonamides is 1. The van der Waals surface area contributed by atoms with Gasteiger partial charge >= 0.3 is 5.91 Å². The van der Waals surface area contributed by atoms with Gasteiger partial charge in [-0.25, -0.2) is 21.7 Å². The second-order valence-corrected chi connectivity index (χ2v) is 11.5. The molecule has 1 aromatic carbocycles. The van der Waals surface area contributed by atoms with Crippen LogP contribution in [0.2, 0.25) is 0 Å². The first-order chi connectivity index (χ1) is 14.4. The van der Waals surface area contributed by atoms with Crippen LogP contribution in [0.1, 0.15) is 25.8 Å². The number of anilines is 2. The zero-order chi connectivity index (χ0) is 22.8. The molecule has 0 aliphatic heterocycles. The first-order valence-corrected chi connectivity index (χ1v) is 13.5. The number of carbonyl (C=O) groups is 2. The lowest BCUT2D eigenvalue weighted by Gasteiger charge is -2.21. The summed E-state index contributed by atoms with van der Waals surface area (Å²) < 4.78 is 54.5. The van der Waals surface area contributed by atoms with Crippen LogP contribution in [0.15, 0.2) is 58.5 Å². The van der Waals surface area contributed by atoms with E-state index in [0.29, 0.717) is 0 Å². The Balaban J connectivity index is 2.14. The quantitative estimate of drug-likeness (QED) is 0.512. The van der Waals surface area contributed by atoms with Crippen LogP contribution in [0, 0.1) is 0 Å². The lowest BCUT2D eigenvalue weighted by atomic mass is 10.1. The molecule has 12 heteroatoms. The van der Waals surface area contributed by atoms with Gasteiger partial charge in [0.2, 0.25) is 10.0 Å². The molecule has 0 aliphatic rings. The van der Waals surface area contributed by atoms with Crippen molar-refractivity contribution >= 4 is 54.4 Å². The van der Waals surface area contributed by atoms with Gasteiger partial charge in [0.05, 0.1) is 34.5 Å². The zero-order valence-electron chi connectivity index (χ0n) is 16.4. The molecule has 0 aliphatic carbocycles. The minimum Gasteiger partial charge on any atom is -0.459 e. The van der Waals surface area contributed by atoms with E-state index < -0.39 is 37.4 Å². The third-order valence-electron chi connectivity index (χ3n) is 3.93. The molecule has 2 amide bonds. The number of nitrogens with one attached hydrogen (secondary N) is 1. The van der Waals surface area contributed by atoms with Gasteiger partial charge in [0, 0.05) is 6.26 Å². The number of nitrogens with zero attached hydrogens (tertiary/aromatic N) is 1. The van der Waals surface area contributed by atoms with Crippen molar-refractivity contribution in [3.05, 3.63) is 70.3 Å². The third-order valence-corrected chi connectivity index (χ3v) is 6.21. The Labute approximate surface area is 183 Å². The van der Waals surface area contributed by atoms with Crippen LogP contribution in [0.25, 0.3) is 0 Å². The average molecular weight is 483 g/mol. The SMILES string of the molecule is CS(=O)(=O)Cc1cc(N(C(=O)c2ccco2)C(=O)c2cccs2)ccc1NS(C)(=O)=O. The minimum atomic E-state index is -3.70. The molecule has 2 aromatic heterocycles. The Bertz CT molecular complexity index is 1260. The summed E-state index contributed by atoms with van der Waals surface area (Å²) in [6.45, 7) is 0. The first kappa shape index (κ1) is 22.7. The summed E-state index contributed by atoms with van der Waals surface area (Å²) in [5, 5.41) is 1.68. The van der Waals surface area contributed by atoms with Crippen molar-refractivity contribution in [2.24, 2.45) is 0 Å². The molecular formula is C19H18N2O7S3. The van der Waals surface area contributed by atoms with E-state index in [-0.39, 0.29) is 27.6 Å². The maximum Gasteiger partial charge on any atom is 0.301 e. The van der Waals surface area contributed by atoms with Gasteiger partial charge in [0.15, 0.2) is 15.6 Å². The number of furan rings is 1. The maximum absolute atomic E-state index is 13.1. The van der Waals surface area contributed by atoms with Crippen molar-refractivity contribution in [1.82, 2.24) is 0 Å². The molecule has 3 rings (SSSR count). The fraction of sp³-hybridized carbons (Fsp3) is 0.158. The Hall–Kier alpha value is -2.96. The van der Waals surface area contributed by atoms with Gasteiger partial charge in [0.1, 0.15) is 0 Å². The Morgan fingerprint density at radius 2 is 1.77 bits per heavy atom. The number of amides is 2. The molecule has 9 nitrogen and oxygen atoms in total. The lowest BCUT2D eigenvalue weighted by molar-refractivity contribution is 0.0883. The summed E-state index contributed by atoms with van der Waals surface area (Å²) in [5.41, 5.74) is 0.185. The van der Waals surface area contributed by atoms with E-state index in [4.69, 9.17) is 4.42 Å². The van der Waals surface area contributed by atoms with E-state index in [0.717, 1.165) is 28.7 Å². The molecule has 0 saturated heterocycles. The molecule has 2 heterocycles. The largest absolute Gasteiger partial charge is 0.459 e. The van der Waals surface area contributed by atoms with Crippen LogP contribution in [-0.4, -0.2) is 41.2 Å². The molecular weight excluding hydrogens is 464 g/mol. The van der Waals surface area contributed by atoms with E-state index >= 15 is 0 Å². The van der Waals surface area contributed by atoms with Crippen molar-refractivity contribution < 1.29 is 30.8 Å². The topological polar surface area (TPSA) is 131 Å². The van der Waals surface area contributed by atoms with Crippen LogP contribution in [0.4, 0.5) is 11.4 Å². The highest BCUT2D eigenvalue weighted by Crippen LogP contribution is 2.29. The van der Waals surface area contributed by atoms with E-state index in [1.807, 2.05) is 0 Å². The predicted octanol–water partition coefficient (Wildman–Crippen LogP) is 2.74. The third kappa shape index (κ3) is 5.81. The molecule has 0 fully saturated rings. The molecule has 164 valence electrons. The predicted molar refractivity (Wildman–Crippen MR) is 118 cm³/mol. The molecule has 0 spiro atoms. The number of imide groups is 1. The summed E-state index contributed by atoms with van der Waals surface area (Å²) in [4.78, 5) is 27.3. The number of rotatable bonds is 7. The molecule has 0 unspecified atom stereocenters. The highest BCUT2D eigenvalue weighted by atomic mass is 32.2. The molecule has 1 N–H and O–H groups in total. The van der Waals surface area contributed by atoms with Gasteiger partial charge in [-0.3, -0.25) is 14.3 Å². The van der Waals surface area contributed by atoms with Crippen LogP contribution >= 0.6 is 11.3 Å². The zero-order valence-corrected chi connectivity index (χ0v) is 18.9. The van der Waals surface area contributed by atoms with Crippen LogP contribution < -0.4 is 9.62 Å². The van der Waals surface area contributed by atoms with Gasteiger partial charge in [-0.1, -0.05) is 6.07 Å². The second kappa shape index (κ2) is 8.65. The fourth-order valence-electron chi connectivity index (χ4n) is 2.77. The number of benzene rings is 1. The van der Waals surface area contributed by atoms with E-state index in [2.05, 4.69) is 4.72 Å². The standard InChI is InChI=1S/C19H18N2O7S3/c1-30(24,25)12-13-11-14(7-8-15(13)20-31(2,26)27)21(18(22)16-5-3-9-28-16)19(23)17-6-4-10-29-17/h3-11,20H,12H2,1-2H3. The lowest BCUT2D eigenvalue weighted by Crippen LogP contribution is -2.36. The average Bonchev–Trinajstić information content (AvgIpc) is 3.35. The van der Waals surface area contributed by atoms with Gasteiger partial charge in [-0.2, -0.15) is 0 Å². The van der Waals surface area contributed by atoms with Crippen LogP contribution in [-0.2, 0) is 25.6 Å². The molecule has 0 saturated carbocycles. The van der Waals surface area contributed by atoms with Gasteiger partial charge < -0.3 is 4.42 Å². The Kier molecular flexibility index (Phi) is 6.34. The van der Waals surface area contributed by atoms with Crippen LogP contribution in [0.3, 0.4) is 0 Å². The summed E-state index contributed by atoms with van der Waals surface area (Å²) >= 11 is 1.13. The smallest absolute Gasteiger partial charge is 0.301 e. The van der Waals surface area contributed by atoms with Crippen molar-refractivity contribution in [3.8, 4) is 0 Å². The van der Waals surface area contributed by atoms with E-state index in [1.165, 1.54) is 36.6 Å². The molecule has 3 aromatic rings. The maximum atomic E-state index is 13.1. The van der Waals surface area contributed by atoms with Crippen molar-refractivity contribution in [2.45, 2.75) is 5.75 Å². The fourth-order valence-corrected chi connectivity index (χ4v) is 4.82.